The SMILES string of the molecule is CC(C)c1ccccc1NC(=O)[C@@H](C)OC(=O)c1ccc(C(=O)c2ccccc2)cc1. The normalized spacial score (nSPS) is 11.6. The van der Waals surface area contributed by atoms with E-state index in [-0.39, 0.29) is 17.3 Å². The Kier molecular flexibility index (Phi) is 6.98. The van der Waals surface area contributed by atoms with Gasteiger partial charge < -0.3 is 10.1 Å². The first kappa shape index (κ1) is 22.0. The second kappa shape index (κ2) is 9.85. The number of hydrogen-bond acceptors (Lipinski definition) is 4. The van der Waals surface area contributed by atoms with Crippen LogP contribution in [0.3, 0.4) is 0 Å². The van der Waals surface area contributed by atoms with Gasteiger partial charge in [-0.05, 0) is 36.6 Å². The second-order valence-corrected chi connectivity index (χ2v) is 7.55. The highest BCUT2D eigenvalue weighted by atomic mass is 16.5. The van der Waals surface area contributed by atoms with Crippen LogP contribution in [0.2, 0.25) is 0 Å². The molecule has 3 aromatic rings. The Labute approximate surface area is 182 Å². The van der Waals surface area contributed by atoms with Gasteiger partial charge >= 0.3 is 5.97 Å². The molecule has 0 unspecified atom stereocenters. The number of hydrogen-bond donors (Lipinski definition) is 1. The molecule has 5 nitrogen and oxygen atoms in total. The lowest BCUT2D eigenvalue weighted by atomic mass is 10.0. The Morgan fingerprint density at radius 2 is 1.26 bits per heavy atom. The minimum atomic E-state index is -0.974. The smallest absolute Gasteiger partial charge is 0.338 e. The summed E-state index contributed by atoms with van der Waals surface area (Å²) in [6, 6.07) is 22.7. The van der Waals surface area contributed by atoms with Crippen molar-refractivity contribution in [2.75, 3.05) is 5.32 Å². The number of carbonyl (C=O) groups is 3. The van der Waals surface area contributed by atoms with E-state index in [9.17, 15) is 14.4 Å². The van der Waals surface area contributed by atoms with Gasteiger partial charge in [-0.15, -0.1) is 0 Å². The molecule has 1 N–H and O–H groups in total. The molecule has 1 amide bonds. The zero-order valence-electron chi connectivity index (χ0n) is 17.8. The van der Waals surface area contributed by atoms with Crippen LogP contribution in [0.5, 0.6) is 0 Å². The molecule has 3 rings (SSSR count). The third-order valence-electron chi connectivity index (χ3n) is 4.91. The van der Waals surface area contributed by atoms with E-state index < -0.39 is 18.0 Å². The van der Waals surface area contributed by atoms with E-state index in [4.69, 9.17) is 4.74 Å². The van der Waals surface area contributed by atoms with Crippen molar-refractivity contribution >= 4 is 23.3 Å². The molecular weight excluding hydrogens is 390 g/mol. The predicted molar refractivity (Wildman–Crippen MR) is 120 cm³/mol. The third kappa shape index (κ3) is 5.45. The molecule has 0 saturated heterocycles. The van der Waals surface area contributed by atoms with Crippen molar-refractivity contribution in [3.8, 4) is 0 Å². The molecule has 158 valence electrons. The van der Waals surface area contributed by atoms with E-state index in [0.717, 1.165) is 5.56 Å². The Bertz CT molecular complexity index is 1070. The number of nitrogens with one attached hydrogen (secondary N) is 1. The first-order valence-electron chi connectivity index (χ1n) is 10.2. The first-order valence-corrected chi connectivity index (χ1v) is 10.2. The number of ketones is 1. The molecule has 0 bridgehead atoms. The summed E-state index contributed by atoms with van der Waals surface area (Å²) in [5.74, 6) is -0.917. The van der Waals surface area contributed by atoms with Crippen LogP contribution in [-0.2, 0) is 9.53 Å². The molecule has 0 aliphatic rings. The average Bonchev–Trinajstić information content (AvgIpc) is 2.79. The van der Waals surface area contributed by atoms with Gasteiger partial charge in [-0.25, -0.2) is 4.79 Å². The Morgan fingerprint density at radius 3 is 1.90 bits per heavy atom. The molecule has 0 heterocycles. The van der Waals surface area contributed by atoms with Gasteiger partial charge in [0.15, 0.2) is 11.9 Å². The van der Waals surface area contributed by atoms with E-state index in [1.165, 1.54) is 19.1 Å². The molecule has 0 radical (unpaired) electrons. The van der Waals surface area contributed by atoms with E-state index in [1.807, 2.05) is 44.2 Å². The van der Waals surface area contributed by atoms with Gasteiger partial charge in [0.05, 0.1) is 5.56 Å². The highest BCUT2D eigenvalue weighted by Crippen LogP contribution is 2.24. The van der Waals surface area contributed by atoms with E-state index in [1.54, 1.807) is 36.4 Å². The molecule has 0 aliphatic carbocycles. The van der Waals surface area contributed by atoms with Crippen molar-refractivity contribution in [2.45, 2.75) is 32.8 Å². The summed E-state index contributed by atoms with van der Waals surface area (Å²) in [6.07, 6.45) is -0.974. The maximum Gasteiger partial charge on any atom is 0.338 e. The van der Waals surface area contributed by atoms with Gasteiger partial charge in [0.2, 0.25) is 0 Å². The third-order valence-corrected chi connectivity index (χ3v) is 4.91. The van der Waals surface area contributed by atoms with Crippen LogP contribution in [0.15, 0.2) is 78.9 Å². The minimum absolute atomic E-state index is 0.128. The summed E-state index contributed by atoms with van der Waals surface area (Å²) < 4.78 is 5.32. The lowest BCUT2D eigenvalue weighted by Crippen LogP contribution is -2.30. The maximum atomic E-state index is 12.5. The number of amides is 1. The summed E-state index contributed by atoms with van der Waals surface area (Å²) in [4.78, 5) is 37.4. The zero-order valence-corrected chi connectivity index (χ0v) is 17.8. The average molecular weight is 415 g/mol. The number of anilines is 1. The highest BCUT2D eigenvalue weighted by Gasteiger charge is 2.20. The molecule has 5 heteroatoms. The number of esters is 1. The minimum Gasteiger partial charge on any atom is -0.449 e. The van der Waals surface area contributed by atoms with Gasteiger partial charge in [-0.2, -0.15) is 0 Å². The fourth-order valence-corrected chi connectivity index (χ4v) is 3.14. The number of benzene rings is 3. The molecule has 3 aromatic carbocycles. The van der Waals surface area contributed by atoms with Crippen molar-refractivity contribution < 1.29 is 19.1 Å². The molecular formula is C26H25NO4. The van der Waals surface area contributed by atoms with Gasteiger partial charge in [0.25, 0.3) is 5.91 Å². The first-order chi connectivity index (χ1) is 14.9. The summed E-state index contributed by atoms with van der Waals surface area (Å²) in [5, 5.41) is 2.83. The second-order valence-electron chi connectivity index (χ2n) is 7.55. The van der Waals surface area contributed by atoms with Crippen molar-refractivity contribution in [3.05, 3.63) is 101 Å². The highest BCUT2D eigenvalue weighted by molar-refractivity contribution is 6.09. The lowest BCUT2D eigenvalue weighted by molar-refractivity contribution is -0.123. The van der Waals surface area contributed by atoms with Gasteiger partial charge in [-0.1, -0.05) is 74.5 Å². The fourth-order valence-electron chi connectivity index (χ4n) is 3.14. The van der Waals surface area contributed by atoms with Crippen molar-refractivity contribution in [1.82, 2.24) is 0 Å². The summed E-state index contributed by atoms with van der Waals surface area (Å²) >= 11 is 0. The van der Waals surface area contributed by atoms with Crippen LogP contribution in [-0.4, -0.2) is 23.8 Å². The van der Waals surface area contributed by atoms with Gasteiger partial charge in [0.1, 0.15) is 0 Å². The summed E-state index contributed by atoms with van der Waals surface area (Å²) in [7, 11) is 0. The summed E-state index contributed by atoms with van der Waals surface area (Å²) in [5.41, 5.74) is 3.03. The zero-order chi connectivity index (χ0) is 22.4. The van der Waals surface area contributed by atoms with Crippen molar-refractivity contribution in [3.63, 3.8) is 0 Å². The molecule has 0 aliphatic heterocycles. The van der Waals surface area contributed by atoms with Crippen LogP contribution >= 0.6 is 0 Å². The van der Waals surface area contributed by atoms with Crippen LogP contribution in [0.1, 0.15) is 58.5 Å². The maximum absolute atomic E-state index is 12.5. The Morgan fingerprint density at radius 1 is 0.710 bits per heavy atom. The molecule has 0 saturated carbocycles. The lowest BCUT2D eigenvalue weighted by Gasteiger charge is -2.17. The quantitative estimate of drug-likeness (QED) is 0.424. The Hall–Kier alpha value is -3.73. The van der Waals surface area contributed by atoms with Crippen LogP contribution in [0.4, 0.5) is 5.69 Å². The van der Waals surface area contributed by atoms with E-state index >= 15 is 0 Å². The molecule has 31 heavy (non-hydrogen) atoms. The van der Waals surface area contributed by atoms with Crippen LogP contribution in [0, 0.1) is 0 Å². The number of rotatable bonds is 7. The molecule has 0 fully saturated rings. The molecule has 0 spiro atoms. The van der Waals surface area contributed by atoms with E-state index in [0.29, 0.717) is 16.8 Å². The molecule has 0 aromatic heterocycles. The van der Waals surface area contributed by atoms with E-state index in [2.05, 4.69) is 5.32 Å². The van der Waals surface area contributed by atoms with Crippen LogP contribution < -0.4 is 5.32 Å². The molecule has 1 atom stereocenters. The fraction of sp³-hybridized carbons (Fsp3) is 0.192. The topological polar surface area (TPSA) is 72.5 Å². The van der Waals surface area contributed by atoms with Gasteiger partial charge in [0, 0.05) is 16.8 Å². The van der Waals surface area contributed by atoms with Crippen molar-refractivity contribution in [1.29, 1.82) is 0 Å². The monoisotopic (exact) mass is 415 g/mol. The summed E-state index contributed by atoms with van der Waals surface area (Å²) in [6.45, 7) is 5.61. The number of ether oxygens (including phenoxy) is 1. The standard InChI is InChI=1S/C26H25NO4/c1-17(2)22-11-7-8-12-23(22)27-25(29)18(3)31-26(30)21-15-13-20(14-16-21)24(28)19-9-5-4-6-10-19/h4-18H,1-3H3,(H,27,29)/t18-/m1/s1. The van der Waals surface area contributed by atoms with Gasteiger partial charge in [-0.3, -0.25) is 9.59 Å². The largest absolute Gasteiger partial charge is 0.449 e. The number of para-hydroxylation sites is 1. The van der Waals surface area contributed by atoms with Crippen LogP contribution in [0.25, 0.3) is 0 Å². The number of carbonyl (C=O) groups excluding carboxylic acids is 3. The predicted octanol–water partition coefficient (Wildman–Crippen LogP) is 5.23. The Balaban J connectivity index is 1.63. The van der Waals surface area contributed by atoms with Crippen molar-refractivity contribution in [2.24, 2.45) is 0 Å².